The number of esters is 2. The number of hydrogen-bond donors (Lipinski definition) is 1. The van der Waals surface area contributed by atoms with Crippen LogP contribution in [-0.2, 0) is 33.3 Å². The van der Waals surface area contributed by atoms with Crippen LogP contribution in [0, 0.1) is 0 Å². The predicted octanol–water partition coefficient (Wildman–Crippen LogP) is 9.82. The highest BCUT2D eigenvalue weighted by Crippen LogP contribution is 2.13. The number of likely N-dealkylation sites (N-methyl/N-ethyl adjacent to an activating group) is 1. The lowest BCUT2D eigenvalue weighted by atomic mass is 10.0. The molecule has 0 aliphatic rings. The molecule has 52 heavy (non-hydrogen) atoms. The molecule has 9 heteroatoms. The van der Waals surface area contributed by atoms with Crippen LogP contribution in [0.3, 0.4) is 0 Å². The van der Waals surface area contributed by atoms with Crippen LogP contribution in [0.15, 0.2) is 60.8 Å². The van der Waals surface area contributed by atoms with Gasteiger partial charge in [0, 0.05) is 6.42 Å². The zero-order valence-electron chi connectivity index (χ0n) is 33.4. The third kappa shape index (κ3) is 35.4. The number of hydrogen-bond acceptors (Lipinski definition) is 7. The number of carboxylic acids is 1. The maximum absolute atomic E-state index is 12.6. The lowest BCUT2D eigenvalue weighted by Gasteiger charge is -2.25. The van der Waals surface area contributed by atoms with E-state index in [4.69, 9.17) is 18.9 Å². The molecule has 0 saturated heterocycles. The second-order valence-corrected chi connectivity index (χ2v) is 14.2. The number of carbonyl (C=O) groups is 3. The topological polar surface area (TPSA) is 108 Å². The first-order chi connectivity index (χ1) is 25.1. The average Bonchev–Trinajstić information content (AvgIpc) is 3.09. The fourth-order valence-corrected chi connectivity index (χ4v) is 4.97. The molecule has 0 rings (SSSR count). The van der Waals surface area contributed by atoms with Crippen molar-refractivity contribution in [2.24, 2.45) is 0 Å². The molecule has 2 unspecified atom stereocenters. The van der Waals surface area contributed by atoms with Crippen molar-refractivity contribution in [2.75, 3.05) is 47.5 Å². The quantitative estimate of drug-likeness (QED) is 0.0226. The molecule has 0 bridgehead atoms. The molecule has 9 nitrogen and oxygen atoms in total. The maximum atomic E-state index is 12.6. The van der Waals surface area contributed by atoms with E-state index in [1.807, 2.05) is 33.3 Å². The van der Waals surface area contributed by atoms with Crippen molar-refractivity contribution >= 4 is 17.9 Å². The number of nitrogens with zero attached hydrogens (tertiary/aromatic N) is 1. The summed E-state index contributed by atoms with van der Waals surface area (Å²) < 4.78 is 22.5. The largest absolute Gasteiger partial charge is 0.477 e. The Labute approximate surface area is 316 Å². The van der Waals surface area contributed by atoms with Crippen LogP contribution in [0.25, 0.3) is 0 Å². The van der Waals surface area contributed by atoms with Crippen molar-refractivity contribution in [1.82, 2.24) is 0 Å². The van der Waals surface area contributed by atoms with Crippen LogP contribution < -0.4 is 0 Å². The van der Waals surface area contributed by atoms with Gasteiger partial charge in [0.2, 0.25) is 0 Å². The lowest BCUT2D eigenvalue weighted by molar-refractivity contribution is -0.870. The van der Waals surface area contributed by atoms with Gasteiger partial charge < -0.3 is 28.5 Å². The number of unbranched alkanes of at least 4 members (excludes halogenated alkanes) is 11. The van der Waals surface area contributed by atoms with Crippen LogP contribution in [0.5, 0.6) is 0 Å². The van der Waals surface area contributed by atoms with E-state index in [2.05, 4.69) is 56.4 Å². The Morgan fingerprint density at radius 1 is 0.596 bits per heavy atom. The molecule has 2 atom stereocenters. The summed E-state index contributed by atoms with van der Waals surface area (Å²) in [6.07, 6.45) is 37.4. The normalized spacial score (nSPS) is 13.6. The zero-order valence-corrected chi connectivity index (χ0v) is 33.4. The van der Waals surface area contributed by atoms with Gasteiger partial charge in [-0.3, -0.25) is 9.59 Å². The molecule has 0 radical (unpaired) electrons. The highest BCUT2D eigenvalue weighted by molar-refractivity contribution is 5.72. The minimum atomic E-state index is -1.53. The summed E-state index contributed by atoms with van der Waals surface area (Å²) in [5, 5.41) is 9.59. The van der Waals surface area contributed by atoms with E-state index in [0.29, 0.717) is 17.4 Å². The highest BCUT2D eigenvalue weighted by Gasteiger charge is 2.24. The molecular weight excluding hydrogens is 658 g/mol. The van der Waals surface area contributed by atoms with E-state index < -0.39 is 24.3 Å². The third-order valence-corrected chi connectivity index (χ3v) is 8.07. The Morgan fingerprint density at radius 2 is 1.08 bits per heavy atom. The summed E-state index contributed by atoms with van der Waals surface area (Å²) in [4.78, 5) is 36.9. The van der Waals surface area contributed by atoms with Crippen molar-refractivity contribution in [1.29, 1.82) is 0 Å². The molecule has 0 spiro atoms. The Bertz CT molecular complexity index is 1040. The van der Waals surface area contributed by atoms with E-state index in [0.717, 1.165) is 44.9 Å². The van der Waals surface area contributed by atoms with Gasteiger partial charge in [-0.05, 0) is 38.5 Å². The molecule has 0 fully saturated rings. The summed E-state index contributed by atoms with van der Waals surface area (Å²) in [6, 6.07) is 0. The number of ether oxygens (including phenoxy) is 4. The Balaban J connectivity index is 4.68. The van der Waals surface area contributed by atoms with Gasteiger partial charge in [-0.1, -0.05) is 145 Å². The minimum absolute atomic E-state index is 0.0270. The third-order valence-electron chi connectivity index (χ3n) is 8.07. The molecule has 0 aromatic carbocycles. The van der Waals surface area contributed by atoms with Gasteiger partial charge >= 0.3 is 17.9 Å². The molecule has 0 heterocycles. The molecule has 0 aliphatic heterocycles. The SMILES string of the molecule is CC/C=C\C/C=C\C/C=C\C/C=C\C/C=C\CC(=O)OC(COC(=O)CCCCCCCCCCCCCC)COC(OCC[N+](C)(C)C)C(=O)O. The highest BCUT2D eigenvalue weighted by atomic mass is 16.7. The molecule has 0 aromatic heterocycles. The van der Waals surface area contributed by atoms with E-state index in [9.17, 15) is 19.5 Å². The lowest BCUT2D eigenvalue weighted by Crippen LogP contribution is -2.40. The van der Waals surface area contributed by atoms with Crippen molar-refractivity contribution in [2.45, 2.75) is 148 Å². The van der Waals surface area contributed by atoms with E-state index in [-0.39, 0.29) is 38.6 Å². The molecule has 0 aliphatic carbocycles. The summed E-state index contributed by atoms with van der Waals surface area (Å²) >= 11 is 0. The van der Waals surface area contributed by atoms with Gasteiger partial charge in [0.15, 0.2) is 6.10 Å². The van der Waals surface area contributed by atoms with Gasteiger partial charge in [0.05, 0.1) is 40.8 Å². The predicted molar refractivity (Wildman–Crippen MR) is 212 cm³/mol. The molecule has 298 valence electrons. The average molecular weight is 733 g/mol. The van der Waals surface area contributed by atoms with E-state index in [1.165, 1.54) is 57.8 Å². The Hall–Kier alpha value is -3.01. The second kappa shape index (κ2) is 35.0. The van der Waals surface area contributed by atoms with Crippen molar-refractivity contribution in [3.63, 3.8) is 0 Å². The summed E-state index contributed by atoms with van der Waals surface area (Å²) in [5.74, 6) is -2.18. The van der Waals surface area contributed by atoms with Crippen molar-refractivity contribution < 1.29 is 42.9 Å². The molecule has 0 aromatic rings. The summed E-state index contributed by atoms with van der Waals surface area (Å²) in [7, 11) is 5.91. The number of aliphatic carboxylic acids is 1. The number of carbonyl (C=O) groups excluding carboxylic acids is 2. The number of rotatable bonds is 35. The van der Waals surface area contributed by atoms with Crippen LogP contribution in [-0.4, -0.2) is 87.4 Å². The molecular formula is C43H74NO8+. The van der Waals surface area contributed by atoms with Gasteiger partial charge in [-0.25, -0.2) is 4.79 Å². The zero-order chi connectivity index (χ0) is 38.5. The van der Waals surface area contributed by atoms with Crippen LogP contribution in [0.2, 0.25) is 0 Å². The van der Waals surface area contributed by atoms with Crippen molar-refractivity contribution in [3.8, 4) is 0 Å². The smallest absolute Gasteiger partial charge is 0.361 e. The first-order valence-corrected chi connectivity index (χ1v) is 20.0. The number of carboxylic acid groups (broad SMARTS) is 1. The van der Waals surface area contributed by atoms with Gasteiger partial charge in [0.1, 0.15) is 13.2 Å². The fraction of sp³-hybridized carbons (Fsp3) is 0.698. The second-order valence-electron chi connectivity index (χ2n) is 14.2. The first-order valence-electron chi connectivity index (χ1n) is 20.0. The van der Waals surface area contributed by atoms with Crippen LogP contribution >= 0.6 is 0 Å². The van der Waals surface area contributed by atoms with Crippen LogP contribution in [0.1, 0.15) is 136 Å². The summed E-state index contributed by atoms with van der Waals surface area (Å²) in [5.41, 5.74) is 0. The van der Waals surface area contributed by atoms with E-state index >= 15 is 0 Å². The number of quaternary nitrogens is 1. The van der Waals surface area contributed by atoms with Gasteiger partial charge in [-0.2, -0.15) is 0 Å². The van der Waals surface area contributed by atoms with Gasteiger partial charge in [0.25, 0.3) is 6.29 Å². The summed E-state index contributed by atoms with van der Waals surface area (Å²) in [6.45, 7) is 4.61. The molecule has 0 saturated carbocycles. The standard InChI is InChI=1S/C43H73NO8/c1-6-8-10-12-14-16-18-20-21-22-24-26-28-30-32-34-41(46)52-39(38-51-43(42(47)48)49-36-35-44(3,4)5)37-50-40(45)33-31-29-27-25-23-19-17-15-13-11-9-7-2/h8,10,14,16,20-21,24,26,30,32,39,43H,6-7,9,11-13,15,17-19,22-23,25,27-29,31,33-38H2,1-5H3/p+1/b10-8-,16-14-,21-20-,26-24-,32-30-. The fourth-order valence-electron chi connectivity index (χ4n) is 4.97. The molecule has 1 N–H and O–H groups in total. The van der Waals surface area contributed by atoms with E-state index in [1.54, 1.807) is 6.08 Å². The first kappa shape index (κ1) is 49.0. The molecule has 0 amide bonds. The monoisotopic (exact) mass is 733 g/mol. The Kier molecular flexibility index (Phi) is 33.0. The number of allylic oxidation sites excluding steroid dienone is 9. The van der Waals surface area contributed by atoms with Crippen molar-refractivity contribution in [3.05, 3.63) is 60.8 Å². The van der Waals surface area contributed by atoms with Gasteiger partial charge in [-0.15, -0.1) is 0 Å². The minimum Gasteiger partial charge on any atom is -0.477 e. The Morgan fingerprint density at radius 3 is 1.56 bits per heavy atom. The van der Waals surface area contributed by atoms with Crippen LogP contribution in [0.4, 0.5) is 0 Å². The maximum Gasteiger partial charge on any atom is 0.361 e.